The van der Waals surface area contributed by atoms with Crippen molar-refractivity contribution in [3.05, 3.63) is 36.0 Å². The average Bonchev–Trinajstić information content (AvgIpc) is 2.43. The zero-order chi connectivity index (χ0) is 16.3. The van der Waals surface area contributed by atoms with Crippen LogP contribution < -0.4 is 5.32 Å². The van der Waals surface area contributed by atoms with E-state index in [2.05, 4.69) is 15.0 Å². The Morgan fingerprint density at radius 1 is 1.18 bits per heavy atom. The minimum Gasteiger partial charge on any atom is -0.465 e. The molecule has 2 aromatic rings. The molecule has 1 amide bonds. The van der Waals surface area contributed by atoms with Gasteiger partial charge in [0.05, 0.1) is 18.2 Å². The molecule has 0 saturated carbocycles. The van der Waals surface area contributed by atoms with Gasteiger partial charge in [-0.15, -0.1) is 0 Å². The first kappa shape index (κ1) is 15.8. The van der Waals surface area contributed by atoms with Gasteiger partial charge in [-0.3, -0.25) is 10.3 Å². The number of rotatable bonds is 2. The van der Waals surface area contributed by atoms with Crippen LogP contribution in [0.3, 0.4) is 0 Å². The van der Waals surface area contributed by atoms with E-state index in [1.54, 1.807) is 45.0 Å². The number of benzene rings is 1. The third-order valence-electron chi connectivity index (χ3n) is 2.75. The van der Waals surface area contributed by atoms with Crippen molar-refractivity contribution in [1.29, 1.82) is 0 Å². The zero-order valence-corrected chi connectivity index (χ0v) is 13.0. The third kappa shape index (κ3) is 3.94. The Kier molecular flexibility index (Phi) is 4.30. The molecule has 0 fully saturated rings. The van der Waals surface area contributed by atoms with Gasteiger partial charge in [-0.1, -0.05) is 0 Å². The largest absolute Gasteiger partial charge is 0.465 e. The van der Waals surface area contributed by atoms with Gasteiger partial charge in [-0.2, -0.15) is 0 Å². The van der Waals surface area contributed by atoms with E-state index in [-0.39, 0.29) is 0 Å². The molecular weight excluding hydrogens is 284 g/mol. The summed E-state index contributed by atoms with van der Waals surface area (Å²) in [6.07, 6.45) is 0.915. The predicted molar refractivity (Wildman–Crippen MR) is 82.9 cm³/mol. The number of amides is 1. The van der Waals surface area contributed by atoms with Gasteiger partial charge < -0.3 is 9.47 Å². The van der Waals surface area contributed by atoms with Crippen LogP contribution in [0.2, 0.25) is 0 Å². The van der Waals surface area contributed by atoms with Crippen molar-refractivity contribution in [2.24, 2.45) is 0 Å². The number of anilines is 1. The molecule has 1 heterocycles. The number of pyridine rings is 1. The highest BCUT2D eigenvalue weighted by Gasteiger charge is 2.16. The molecule has 2 rings (SSSR count). The van der Waals surface area contributed by atoms with E-state index in [1.165, 1.54) is 13.3 Å². The maximum absolute atomic E-state index is 11.8. The first-order chi connectivity index (χ1) is 10.3. The highest BCUT2D eigenvalue weighted by molar-refractivity contribution is 5.95. The SMILES string of the molecule is COC(=O)c1cnc2ccc(NC(=O)OC(C)(C)C)cc2c1. The van der Waals surface area contributed by atoms with Crippen molar-refractivity contribution in [2.45, 2.75) is 26.4 Å². The fraction of sp³-hybridized carbons (Fsp3) is 0.312. The lowest BCUT2D eigenvalue weighted by Crippen LogP contribution is -2.27. The Morgan fingerprint density at radius 2 is 1.91 bits per heavy atom. The van der Waals surface area contributed by atoms with Gasteiger partial charge in [-0.25, -0.2) is 9.59 Å². The molecule has 1 N–H and O–H groups in total. The Morgan fingerprint density at radius 3 is 2.55 bits per heavy atom. The van der Waals surface area contributed by atoms with E-state index in [1.807, 2.05) is 0 Å². The Balaban J connectivity index is 2.25. The second kappa shape index (κ2) is 6.01. The van der Waals surface area contributed by atoms with Crippen LogP contribution in [0, 0.1) is 0 Å². The molecule has 1 aromatic carbocycles. The summed E-state index contributed by atoms with van der Waals surface area (Å²) in [6, 6.07) is 6.85. The van der Waals surface area contributed by atoms with Crippen LogP contribution in [0.5, 0.6) is 0 Å². The maximum atomic E-state index is 11.8. The number of carbonyl (C=O) groups excluding carboxylic acids is 2. The lowest BCUT2D eigenvalue weighted by molar-refractivity contribution is 0.0597. The molecule has 0 aliphatic rings. The number of fused-ring (bicyclic) bond motifs is 1. The quantitative estimate of drug-likeness (QED) is 0.861. The second-order valence-corrected chi connectivity index (χ2v) is 5.75. The van der Waals surface area contributed by atoms with Crippen LogP contribution in [0.25, 0.3) is 10.9 Å². The molecule has 0 aliphatic heterocycles. The molecule has 1 aromatic heterocycles. The van der Waals surface area contributed by atoms with Crippen LogP contribution in [-0.2, 0) is 9.47 Å². The topological polar surface area (TPSA) is 77.5 Å². The maximum Gasteiger partial charge on any atom is 0.412 e. The van der Waals surface area contributed by atoms with Crippen LogP contribution in [0.15, 0.2) is 30.5 Å². The van der Waals surface area contributed by atoms with Crippen molar-refractivity contribution in [1.82, 2.24) is 4.98 Å². The first-order valence-electron chi connectivity index (χ1n) is 6.76. The van der Waals surface area contributed by atoms with Crippen molar-refractivity contribution in [3.63, 3.8) is 0 Å². The number of methoxy groups -OCH3 is 1. The molecule has 0 saturated heterocycles. The molecule has 0 aliphatic carbocycles. The zero-order valence-electron chi connectivity index (χ0n) is 13.0. The van der Waals surface area contributed by atoms with Crippen LogP contribution in [0.4, 0.5) is 10.5 Å². The molecule has 0 radical (unpaired) electrons. The minimum absolute atomic E-state index is 0.351. The lowest BCUT2D eigenvalue weighted by Gasteiger charge is -2.19. The summed E-state index contributed by atoms with van der Waals surface area (Å²) in [5, 5.41) is 3.37. The summed E-state index contributed by atoms with van der Waals surface area (Å²) in [6.45, 7) is 5.37. The normalized spacial score (nSPS) is 11.1. The number of aromatic nitrogens is 1. The molecule has 0 spiro atoms. The van der Waals surface area contributed by atoms with Gasteiger partial charge in [0, 0.05) is 17.3 Å². The highest BCUT2D eigenvalue weighted by atomic mass is 16.6. The van der Waals surface area contributed by atoms with Gasteiger partial charge in [0.15, 0.2) is 0 Å². The molecule has 22 heavy (non-hydrogen) atoms. The molecule has 0 atom stereocenters. The number of nitrogens with one attached hydrogen (secondary N) is 1. The number of nitrogens with zero attached hydrogens (tertiary/aromatic N) is 1. The third-order valence-corrected chi connectivity index (χ3v) is 2.75. The summed E-state index contributed by atoms with van der Waals surface area (Å²) < 4.78 is 9.86. The summed E-state index contributed by atoms with van der Waals surface area (Å²) in [5.74, 6) is -0.458. The van der Waals surface area contributed by atoms with E-state index in [9.17, 15) is 9.59 Å². The molecule has 116 valence electrons. The van der Waals surface area contributed by atoms with Gasteiger partial charge >= 0.3 is 12.1 Å². The number of hydrogen-bond donors (Lipinski definition) is 1. The summed E-state index contributed by atoms with van der Waals surface area (Å²) >= 11 is 0. The second-order valence-electron chi connectivity index (χ2n) is 5.75. The summed E-state index contributed by atoms with van der Waals surface area (Å²) in [5.41, 5.74) is 1.05. The molecule has 0 bridgehead atoms. The van der Waals surface area contributed by atoms with E-state index in [0.29, 0.717) is 16.8 Å². The Labute approximate surface area is 128 Å². The number of esters is 1. The standard InChI is InChI=1S/C16H18N2O4/c1-16(2,3)22-15(20)18-12-5-6-13-10(8-12)7-11(9-17-13)14(19)21-4/h5-9H,1-4H3,(H,18,20). The number of hydrogen-bond acceptors (Lipinski definition) is 5. The van der Waals surface area contributed by atoms with E-state index < -0.39 is 17.7 Å². The van der Waals surface area contributed by atoms with E-state index in [0.717, 1.165) is 5.39 Å². The van der Waals surface area contributed by atoms with Crippen LogP contribution >= 0.6 is 0 Å². The van der Waals surface area contributed by atoms with Crippen molar-refractivity contribution >= 4 is 28.7 Å². The molecule has 6 nitrogen and oxygen atoms in total. The lowest BCUT2D eigenvalue weighted by atomic mass is 10.1. The Bertz CT molecular complexity index is 720. The average molecular weight is 302 g/mol. The van der Waals surface area contributed by atoms with Gasteiger partial charge in [0.25, 0.3) is 0 Å². The van der Waals surface area contributed by atoms with Crippen molar-refractivity contribution in [2.75, 3.05) is 12.4 Å². The van der Waals surface area contributed by atoms with Gasteiger partial charge in [-0.05, 0) is 45.0 Å². The fourth-order valence-corrected chi connectivity index (χ4v) is 1.86. The molecule has 6 heteroatoms. The van der Waals surface area contributed by atoms with Gasteiger partial charge in [0.2, 0.25) is 0 Å². The van der Waals surface area contributed by atoms with Gasteiger partial charge in [0.1, 0.15) is 5.60 Å². The summed E-state index contributed by atoms with van der Waals surface area (Å²) in [4.78, 5) is 27.5. The predicted octanol–water partition coefficient (Wildman–Crippen LogP) is 3.37. The van der Waals surface area contributed by atoms with Crippen molar-refractivity contribution in [3.8, 4) is 0 Å². The number of carbonyl (C=O) groups is 2. The fourth-order valence-electron chi connectivity index (χ4n) is 1.86. The van der Waals surface area contributed by atoms with E-state index in [4.69, 9.17) is 4.74 Å². The first-order valence-corrected chi connectivity index (χ1v) is 6.76. The highest BCUT2D eigenvalue weighted by Crippen LogP contribution is 2.20. The molecule has 0 unspecified atom stereocenters. The van der Waals surface area contributed by atoms with Crippen LogP contribution in [0.1, 0.15) is 31.1 Å². The summed E-state index contributed by atoms with van der Waals surface area (Å²) in [7, 11) is 1.31. The smallest absolute Gasteiger partial charge is 0.412 e. The van der Waals surface area contributed by atoms with E-state index >= 15 is 0 Å². The van der Waals surface area contributed by atoms with Crippen molar-refractivity contribution < 1.29 is 19.1 Å². The van der Waals surface area contributed by atoms with Crippen LogP contribution in [-0.4, -0.2) is 29.8 Å². The number of ether oxygens (including phenoxy) is 2. The Hall–Kier alpha value is -2.63. The monoisotopic (exact) mass is 302 g/mol. The minimum atomic E-state index is -0.569. The molecular formula is C16H18N2O4.